The van der Waals surface area contributed by atoms with Crippen LogP contribution in [0.1, 0.15) is 11.1 Å². The van der Waals surface area contributed by atoms with Crippen molar-refractivity contribution in [1.82, 2.24) is 14.7 Å². The van der Waals surface area contributed by atoms with E-state index in [-0.39, 0.29) is 11.6 Å². The van der Waals surface area contributed by atoms with Crippen LogP contribution < -0.4 is 15.8 Å². The summed E-state index contributed by atoms with van der Waals surface area (Å²) in [6.45, 7) is 6.43. The van der Waals surface area contributed by atoms with Crippen molar-refractivity contribution in [3.63, 3.8) is 0 Å². The Kier molecular flexibility index (Phi) is 6.08. The number of rotatable bonds is 3. The lowest BCUT2D eigenvalue weighted by atomic mass is 10.2. The van der Waals surface area contributed by atoms with Gasteiger partial charge in [0.05, 0.1) is 5.69 Å². The Bertz CT molecular complexity index is 1150. The van der Waals surface area contributed by atoms with Crippen molar-refractivity contribution in [2.75, 3.05) is 36.4 Å². The standard InChI is InChI=1S/C23H24BrN5O2/c1-16-3-6-19(7-4-16)29-22(30)10-9-21(26-29)27-11-13-28(14-12-27)23(31)25-18-5-8-20(24)17(2)15-18/h3-10,15H,11-14H2,1-2H3,(H,25,31). The molecule has 8 heteroatoms. The van der Waals surface area contributed by atoms with Gasteiger partial charge in [0.25, 0.3) is 5.56 Å². The average molecular weight is 482 g/mol. The quantitative estimate of drug-likeness (QED) is 0.614. The molecule has 1 aliphatic heterocycles. The highest BCUT2D eigenvalue weighted by Crippen LogP contribution is 2.21. The number of urea groups is 1. The molecular weight excluding hydrogens is 458 g/mol. The van der Waals surface area contributed by atoms with Gasteiger partial charge in [-0.3, -0.25) is 4.79 Å². The Morgan fingerprint density at radius 3 is 2.35 bits per heavy atom. The highest BCUT2D eigenvalue weighted by atomic mass is 79.9. The van der Waals surface area contributed by atoms with Gasteiger partial charge in [0.1, 0.15) is 5.82 Å². The van der Waals surface area contributed by atoms with Crippen LogP contribution in [0.4, 0.5) is 16.3 Å². The minimum Gasteiger partial charge on any atom is -0.352 e. The number of aromatic nitrogens is 2. The third-order valence-corrected chi connectivity index (χ3v) is 6.25. The van der Waals surface area contributed by atoms with Crippen LogP contribution in [0.5, 0.6) is 0 Å². The molecule has 0 spiro atoms. The molecule has 2 amide bonds. The van der Waals surface area contributed by atoms with Gasteiger partial charge in [-0.25, -0.2) is 4.79 Å². The van der Waals surface area contributed by atoms with Crippen LogP contribution in [-0.2, 0) is 0 Å². The molecule has 0 unspecified atom stereocenters. The Morgan fingerprint density at radius 1 is 0.968 bits per heavy atom. The predicted molar refractivity (Wildman–Crippen MR) is 126 cm³/mol. The minimum absolute atomic E-state index is 0.112. The van der Waals surface area contributed by atoms with E-state index in [0.29, 0.717) is 26.2 Å². The molecule has 3 aromatic rings. The number of carbonyl (C=O) groups excluding carboxylic acids is 1. The van der Waals surface area contributed by atoms with Crippen molar-refractivity contribution in [2.45, 2.75) is 13.8 Å². The summed E-state index contributed by atoms with van der Waals surface area (Å²) in [4.78, 5) is 28.8. The zero-order valence-electron chi connectivity index (χ0n) is 17.5. The van der Waals surface area contributed by atoms with Gasteiger partial charge in [-0.2, -0.15) is 4.68 Å². The van der Waals surface area contributed by atoms with Gasteiger partial charge in [-0.15, -0.1) is 5.10 Å². The van der Waals surface area contributed by atoms with E-state index in [0.717, 1.165) is 32.8 Å². The molecule has 2 aromatic carbocycles. The Labute approximate surface area is 189 Å². The van der Waals surface area contributed by atoms with Gasteiger partial charge in [0.2, 0.25) is 0 Å². The molecule has 0 radical (unpaired) electrons. The van der Waals surface area contributed by atoms with Crippen LogP contribution in [-0.4, -0.2) is 46.9 Å². The minimum atomic E-state index is -0.171. The summed E-state index contributed by atoms with van der Waals surface area (Å²) >= 11 is 3.47. The number of hydrogen-bond donors (Lipinski definition) is 1. The Morgan fingerprint density at radius 2 is 1.68 bits per heavy atom. The van der Waals surface area contributed by atoms with Crippen molar-refractivity contribution in [1.29, 1.82) is 0 Å². The van der Waals surface area contributed by atoms with Gasteiger partial charge in [-0.1, -0.05) is 33.6 Å². The second-order valence-electron chi connectivity index (χ2n) is 7.65. The van der Waals surface area contributed by atoms with Crippen LogP contribution in [0, 0.1) is 13.8 Å². The van der Waals surface area contributed by atoms with E-state index in [9.17, 15) is 9.59 Å². The molecule has 4 rings (SSSR count). The van der Waals surface area contributed by atoms with Crippen LogP contribution in [0.2, 0.25) is 0 Å². The van der Waals surface area contributed by atoms with E-state index >= 15 is 0 Å². The number of benzene rings is 2. The second kappa shape index (κ2) is 8.93. The maximum atomic E-state index is 12.6. The van der Waals surface area contributed by atoms with Crippen molar-refractivity contribution < 1.29 is 4.79 Å². The summed E-state index contributed by atoms with van der Waals surface area (Å²) in [5.41, 5.74) is 3.54. The van der Waals surface area contributed by atoms with E-state index < -0.39 is 0 Å². The van der Waals surface area contributed by atoms with Crippen LogP contribution in [0.3, 0.4) is 0 Å². The SMILES string of the molecule is Cc1ccc(-n2nc(N3CCN(C(=O)Nc4ccc(Br)c(C)c4)CC3)ccc2=O)cc1. The molecule has 31 heavy (non-hydrogen) atoms. The lowest BCUT2D eigenvalue weighted by Crippen LogP contribution is -2.50. The first-order valence-corrected chi connectivity index (χ1v) is 10.9. The third kappa shape index (κ3) is 4.80. The van der Waals surface area contributed by atoms with E-state index in [2.05, 4.69) is 31.2 Å². The molecule has 160 valence electrons. The fourth-order valence-electron chi connectivity index (χ4n) is 3.50. The maximum absolute atomic E-state index is 12.6. The zero-order valence-corrected chi connectivity index (χ0v) is 19.1. The molecule has 0 atom stereocenters. The number of halogens is 1. The summed E-state index contributed by atoms with van der Waals surface area (Å²) in [6, 6.07) is 16.6. The molecule has 0 bridgehead atoms. The molecule has 1 fully saturated rings. The second-order valence-corrected chi connectivity index (χ2v) is 8.50. The summed E-state index contributed by atoms with van der Waals surface area (Å²) in [7, 11) is 0. The summed E-state index contributed by atoms with van der Waals surface area (Å²) < 4.78 is 2.43. The number of anilines is 2. The molecule has 1 aromatic heterocycles. The molecule has 2 heterocycles. The summed E-state index contributed by atoms with van der Waals surface area (Å²) in [5, 5.41) is 7.52. The van der Waals surface area contributed by atoms with Crippen molar-refractivity contribution in [3.05, 3.63) is 80.6 Å². The lowest BCUT2D eigenvalue weighted by molar-refractivity contribution is 0.208. The first-order chi connectivity index (χ1) is 14.9. The average Bonchev–Trinajstić information content (AvgIpc) is 2.77. The third-order valence-electron chi connectivity index (χ3n) is 5.36. The molecular formula is C23H24BrN5O2. The number of aryl methyl sites for hydroxylation is 2. The highest BCUT2D eigenvalue weighted by Gasteiger charge is 2.22. The van der Waals surface area contributed by atoms with Crippen LogP contribution in [0.25, 0.3) is 5.69 Å². The number of piperazine rings is 1. The number of carbonyl (C=O) groups is 1. The van der Waals surface area contributed by atoms with Crippen LogP contribution in [0.15, 0.2) is 63.9 Å². The van der Waals surface area contributed by atoms with E-state index in [1.165, 1.54) is 10.7 Å². The zero-order chi connectivity index (χ0) is 22.0. The molecule has 0 saturated carbocycles. The maximum Gasteiger partial charge on any atom is 0.321 e. The van der Waals surface area contributed by atoms with Crippen molar-refractivity contribution in [3.8, 4) is 5.69 Å². The largest absolute Gasteiger partial charge is 0.352 e. The van der Waals surface area contributed by atoms with Crippen molar-refractivity contribution >= 4 is 33.5 Å². The number of nitrogens with zero attached hydrogens (tertiary/aromatic N) is 4. The first kappa shape index (κ1) is 21.1. The molecule has 1 aliphatic rings. The topological polar surface area (TPSA) is 70.5 Å². The fraction of sp³-hybridized carbons (Fsp3) is 0.261. The molecule has 1 saturated heterocycles. The van der Waals surface area contributed by atoms with Gasteiger partial charge >= 0.3 is 6.03 Å². The van der Waals surface area contributed by atoms with E-state index in [1.54, 1.807) is 11.0 Å². The van der Waals surface area contributed by atoms with Gasteiger partial charge in [-0.05, 0) is 55.8 Å². The molecule has 7 nitrogen and oxygen atoms in total. The number of amides is 2. The van der Waals surface area contributed by atoms with Crippen molar-refractivity contribution in [2.24, 2.45) is 0 Å². The Hall–Kier alpha value is -3.13. The first-order valence-electron chi connectivity index (χ1n) is 10.2. The summed E-state index contributed by atoms with van der Waals surface area (Å²) in [6.07, 6.45) is 0. The highest BCUT2D eigenvalue weighted by molar-refractivity contribution is 9.10. The monoisotopic (exact) mass is 481 g/mol. The van der Waals surface area contributed by atoms with Gasteiger partial charge in [0, 0.05) is 42.4 Å². The van der Waals surface area contributed by atoms with Gasteiger partial charge in [0.15, 0.2) is 0 Å². The van der Waals surface area contributed by atoms with E-state index in [1.807, 2.05) is 56.3 Å². The van der Waals surface area contributed by atoms with Gasteiger partial charge < -0.3 is 15.1 Å². The normalized spacial score (nSPS) is 13.9. The Balaban J connectivity index is 1.42. The smallest absolute Gasteiger partial charge is 0.321 e. The molecule has 1 N–H and O–H groups in total. The number of nitrogens with one attached hydrogen (secondary N) is 1. The van der Waals surface area contributed by atoms with Crippen LogP contribution >= 0.6 is 15.9 Å². The fourth-order valence-corrected chi connectivity index (χ4v) is 3.75. The lowest BCUT2D eigenvalue weighted by Gasteiger charge is -2.35. The summed E-state index contributed by atoms with van der Waals surface area (Å²) in [5.74, 6) is 0.726. The predicted octanol–water partition coefficient (Wildman–Crippen LogP) is 3.97. The van der Waals surface area contributed by atoms with E-state index in [4.69, 9.17) is 0 Å². The molecule has 0 aliphatic carbocycles. The number of hydrogen-bond acceptors (Lipinski definition) is 4.